The van der Waals surface area contributed by atoms with Gasteiger partial charge in [0.1, 0.15) is 0 Å². The van der Waals surface area contributed by atoms with Crippen molar-refractivity contribution < 1.29 is 21.6 Å². The van der Waals surface area contributed by atoms with Crippen LogP contribution in [0.4, 0.5) is 11.4 Å². The first kappa shape index (κ1) is 27.0. The number of benzene rings is 3. The molecule has 196 valence electrons. The topological polar surface area (TPSA) is 113 Å². The molecule has 3 aromatic carbocycles. The molecule has 0 spiro atoms. The van der Waals surface area contributed by atoms with Crippen LogP contribution in [0.5, 0.6) is 0 Å². The van der Waals surface area contributed by atoms with Crippen LogP contribution in [0.25, 0.3) is 0 Å². The molecule has 3 aromatic rings. The van der Waals surface area contributed by atoms with Crippen molar-refractivity contribution in [1.29, 1.82) is 0 Å². The van der Waals surface area contributed by atoms with Crippen LogP contribution in [0.15, 0.2) is 87.5 Å². The number of rotatable bonds is 8. The lowest BCUT2D eigenvalue weighted by Crippen LogP contribution is -2.32. The summed E-state index contributed by atoms with van der Waals surface area (Å²) in [6.45, 7) is 1.33. The van der Waals surface area contributed by atoms with Gasteiger partial charge in [-0.25, -0.2) is 16.8 Å². The Bertz CT molecular complexity index is 1450. The third-order valence-electron chi connectivity index (χ3n) is 6.05. The van der Waals surface area contributed by atoms with Crippen molar-refractivity contribution in [3.8, 4) is 0 Å². The normalized spacial score (nSPS) is 14.6. The molecule has 8 nitrogen and oxygen atoms in total. The quantitative estimate of drug-likeness (QED) is 0.375. The van der Waals surface area contributed by atoms with E-state index in [1.165, 1.54) is 48.2 Å². The average molecular weight is 560 g/mol. The summed E-state index contributed by atoms with van der Waals surface area (Å²) in [5.74, 6) is -0.163. The Balaban J connectivity index is 1.53. The van der Waals surface area contributed by atoms with Gasteiger partial charge in [0.25, 0.3) is 26.0 Å². The van der Waals surface area contributed by atoms with E-state index >= 15 is 0 Å². The highest BCUT2D eigenvalue weighted by Gasteiger charge is 2.24. The number of hydrogen-bond acceptors (Lipinski definition) is 6. The van der Waals surface area contributed by atoms with E-state index in [2.05, 4.69) is 9.44 Å². The summed E-state index contributed by atoms with van der Waals surface area (Å²) in [6.07, 6.45) is 5.89. The molecular weight excluding hydrogens is 531 g/mol. The van der Waals surface area contributed by atoms with Crippen LogP contribution >= 0.6 is 11.8 Å². The van der Waals surface area contributed by atoms with Crippen molar-refractivity contribution in [2.24, 2.45) is 0 Å². The Morgan fingerprint density at radius 1 is 0.730 bits per heavy atom. The first-order valence-electron chi connectivity index (χ1n) is 11.9. The summed E-state index contributed by atoms with van der Waals surface area (Å²) < 4.78 is 56.6. The van der Waals surface area contributed by atoms with Gasteiger partial charge in [0, 0.05) is 29.4 Å². The fourth-order valence-electron chi connectivity index (χ4n) is 4.10. The van der Waals surface area contributed by atoms with Crippen LogP contribution < -0.4 is 9.44 Å². The average Bonchev–Trinajstić information content (AvgIpc) is 3.18. The van der Waals surface area contributed by atoms with Crippen molar-refractivity contribution in [2.75, 3.05) is 28.8 Å². The Morgan fingerprint density at radius 2 is 1.27 bits per heavy atom. The molecule has 4 rings (SSSR count). The second kappa shape index (κ2) is 11.6. The molecule has 2 N–H and O–H groups in total. The van der Waals surface area contributed by atoms with E-state index in [1.807, 2.05) is 6.26 Å². The summed E-state index contributed by atoms with van der Waals surface area (Å²) in [6, 6.07) is 18.4. The van der Waals surface area contributed by atoms with E-state index in [0.717, 1.165) is 25.7 Å². The molecule has 1 amide bonds. The van der Waals surface area contributed by atoms with Crippen LogP contribution in [0.3, 0.4) is 0 Å². The largest absolute Gasteiger partial charge is 0.339 e. The lowest BCUT2D eigenvalue weighted by atomic mass is 10.2. The van der Waals surface area contributed by atoms with Gasteiger partial charge in [-0.2, -0.15) is 0 Å². The van der Waals surface area contributed by atoms with Gasteiger partial charge in [-0.3, -0.25) is 14.2 Å². The van der Waals surface area contributed by atoms with Crippen LogP contribution in [-0.4, -0.2) is 47.0 Å². The molecule has 1 heterocycles. The molecule has 1 fully saturated rings. The number of carbonyl (C=O) groups excluding carboxylic acids is 1. The standard InChI is InChI=1S/C26H29N3O5S3/c1-35-25-16-15-23(19-24(25)26(30)29-17-7-2-3-8-18-29)37(33,34)28-21-11-13-22(14-12-21)36(31,32)27-20-9-5-4-6-10-20/h4-6,9-16,19,27-28H,2-3,7-8,17-18H2,1H3. The smallest absolute Gasteiger partial charge is 0.261 e. The van der Waals surface area contributed by atoms with Crippen LogP contribution in [0, 0.1) is 0 Å². The first-order valence-corrected chi connectivity index (χ1v) is 16.1. The van der Waals surface area contributed by atoms with Gasteiger partial charge in [0.05, 0.1) is 15.4 Å². The predicted molar refractivity (Wildman–Crippen MR) is 147 cm³/mol. The van der Waals surface area contributed by atoms with Gasteiger partial charge in [-0.1, -0.05) is 31.0 Å². The Hall–Kier alpha value is -3.02. The number of carbonyl (C=O) groups is 1. The lowest BCUT2D eigenvalue weighted by Gasteiger charge is -2.22. The maximum atomic E-state index is 13.3. The zero-order valence-electron chi connectivity index (χ0n) is 20.4. The zero-order valence-corrected chi connectivity index (χ0v) is 22.8. The number of nitrogens with one attached hydrogen (secondary N) is 2. The van der Waals surface area contributed by atoms with E-state index in [9.17, 15) is 21.6 Å². The molecule has 0 unspecified atom stereocenters. The van der Waals surface area contributed by atoms with E-state index < -0.39 is 20.0 Å². The third kappa shape index (κ3) is 6.65. The molecule has 37 heavy (non-hydrogen) atoms. The fraction of sp³-hybridized carbons (Fsp3) is 0.269. The number of anilines is 2. The minimum atomic E-state index is -4.02. The molecule has 0 aliphatic carbocycles. The number of likely N-dealkylation sites (tertiary alicyclic amines) is 1. The lowest BCUT2D eigenvalue weighted by molar-refractivity contribution is 0.0758. The molecule has 0 aromatic heterocycles. The van der Waals surface area contributed by atoms with Crippen molar-refractivity contribution in [2.45, 2.75) is 40.4 Å². The second-order valence-electron chi connectivity index (χ2n) is 8.67. The highest BCUT2D eigenvalue weighted by molar-refractivity contribution is 7.98. The number of sulfonamides is 2. The zero-order chi connectivity index (χ0) is 26.5. The Morgan fingerprint density at radius 3 is 1.86 bits per heavy atom. The molecule has 0 radical (unpaired) electrons. The highest BCUT2D eigenvalue weighted by atomic mass is 32.2. The first-order chi connectivity index (χ1) is 17.7. The summed E-state index contributed by atoms with van der Waals surface area (Å²) in [7, 11) is -7.86. The maximum absolute atomic E-state index is 13.3. The van der Waals surface area contributed by atoms with Gasteiger partial charge in [-0.05, 0) is 73.7 Å². The van der Waals surface area contributed by atoms with E-state index in [-0.39, 0.29) is 21.4 Å². The minimum absolute atomic E-state index is 0.00560. The van der Waals surface area contributed by atoms with Gasteiger partial charge in [0.2, 0.25) is 0 Å². The summed E-state index contributed by atoms with van der Waals surface area (Å²) in [4.78, 5) is 15.7. The van der Waals surface area contributed by atoms with Gasteiger partial charge < -0.3 is 4.90 Å². The van der Waals surface area contributed by atoms with Crippen molar-refractivity contribution in [1.82, 2.24) is 4.90 Å². The van der Waals surface area contributed by atoms with E-state index in [4.69, 9.17) is 0 Å². The van der Waals surface area contributed by atoms with Crippen LogP contribution in [-0.2, 0) is 20.0 Å². The van der Waals surface area contributed by atoms with Gasteiger partial charge in [0.15, 0.2) is 0 Å². The van der Waals surface area contributed by atoms with Crippen LogP contribution in [0.1, 0.15) is 36.0 Å². The monoisotopic (exact) mass is 559 g/mol. The number of para-hydroxylation sites is 1. The highest BCUT2D eigenvalue weighted by Crippen LogP contribution is 2.27. The Labute approximate surface area is 222 Å². The number of nitrogens with zero attached hydrogens (tertiary/aromatic N) is 1. The van der Waals surface area contributed by atoms with Gasteiger partial charge in [-0.15, -0.1) is 11.8 Å². The number of amides is 1. The molecule has 0 bridgehead atoms. The minimum Gasteiger partial charge on any atom is -0.339 e. The Kier molecular flexibility index (Phi) is 8.46. The van der Waals surface area contributed by atoms with E-state index in [1.54, 1.807) is 41.3 Å². The number of thioether (sulfide) groups is 1. The molecule has 1 aliphatic rings. The summed E-state index contributed by atoms with van der Waals surface area (Å²) in [5.41, 5.74) is 0.991. The predicted octanol–water partition coefficient (Wildman–Crippen LogP) is 5.03. The molecule has 1 aliphatic heterocycles. The maximum Gasteiger partial charge on any atom is 0.261 e. The summed E-state index contributed by atoms with van der Waals surface area (Å²) in [5, 5.41) is 0. The number of hydrogen-bond donors (Lipinski definition) is 2. The molecule has 11 heteroatoms. The molecule has 0 saturated carbocycles. The third-order valence-corrected chi connectivity index (χ3v) is 9.62. The molecular formula is C26H29N3O5S3. The van der Waals surface area contributed by atoms with Crippen molar-refractivity contribution >= 4 is 49.1 Å². The summed E-state index contributed by atoms with van der Waals surface area (Å²) >= 11 is 1.40. The fourth-order valence-corrected chi connectivity index (χ4v) is 6.82. The van der Waals surface area contributed by atoms with Gasteiger partial charge >= 0.3 is 0 Å². The SMILES string of the molecule is CSc1ccc(S(=O)(=O)Nc2ccc(S(=O)(=O)Nc3ccccc3)cc2)cc1C(=O)N1CCCCCC1. The molecule has 1 saturated heterocycles. The van der Waals surface area contributed by atoms with E-state index in [0.29, 0.717) is 29.2 Å². The second-order valence-corrected chi connectivity index (χ2v) is 12.9. The molecule has 0 atom stereocenters. The van der Waals surface area contributed by atoms with Crippen molar-refractivity contribution in [3.63, 3.8) is 0 Å². The van der Waals surface area contributed by atoms with Crippen LogP contribution in [0.2, 0.25) is 0 Å². The van der Waals surface area contributed by atoms with Crippen molar-refractivity contribution in [3.05, 3.63) is 78.4 Å².